The maximum Gasteiger partial charge on any atom is 0.255 e. The molecule has 1 N–H and O–H groups in total. The summed E-state index contributed by atoms with van der Waals surface area (Å²) in [7, 11) is 3.89. The van der Waals surface area contributed by atoms with Gasteiger partial charge < -0.3 is 19.5 Å². The Kier molecular flexibility index (Phi) is 6.26. The van der Waals surface area contributed by atoms with Crippen molar-refractivity contribution in [3.8, 4) is 11.1 Å². The minimum absolute atomic E-state index is 0.0998. The molecule has 5 rings (SSSR count). The summed E-state index contributed by atoms with van der Waals surface area (Å²) in [5, 5.41) is 0.997. The topological polar surface area (TPSA) is 66.4 Å². The fourth-order valence-corrected chi connectivity index (χ4v) is 4.64. The van der Waals surface area contributed by atoms with Crippen LogP contribution in [0.3, 0.4) is 0 Å². The molecule has 4 aromatic rings. The van der Waals surface area contributed by atoms with Gasteiger partial charge in [0.2, 0.25) is 0 Å². The minimum atomic E-state index is -0.0998. The van der Waals surface area contributed by atoms with Gasteiger partial charge in [0.1, 0.15) is 5.65 Å². The van der Waals surface area contributed by atoms with Gasteiger partial charge in [-0.25, -0.2) is 4.98 Å². The number of halogens is 1. The molecule has 0 radical (unpaired) electrons. The summed E-state index contributed by atoms with van der Waals surface area (Å²) >= 11 is 3.53. The van der Waals surface area contributed by atoms with E-state index in [9.17, 15) is 4.79 Å². The Labute approximate surface area is 206 Å². The summed E-state index contributed by atoms with van der Waals surface area (Å²) in [5.74, 6) is 0. The third-order valence-corrected chi connectivity index (χ3v) is 6.38. The molecule has 1 fully saturated rings. The first-order valence-corrected chi connectivity index (χ1v) is 12.0. The lowest BCUT2D eigenvalue weighted by atomic mass is 10.1. The van der Waals surface area contributed by atoms with Crippen LogP contribution in [0.15, 0.2) is 76.5 Å². The van der Waals surface area contributed by atoms with Crippen molar-refractivity contribution in [2.24, 2.45) is 0 Å². The van der Waals surface area contributed by atoms with Gasteiger partial charge in [0.25, 0.3) is 5.56 Å². The largest absolute Gasteiger partial charge is 0.382 e. The highest BCUT2D eigenvalue weighted by Crippen LogP contribution is 2.30. The summed E-state index contributed by atoms with van der Waals surface area (Å²) in [6, 6.07) is 13.8. The zero-order valence-electron chi connectivity index (χ0n) is 19.2. The average Bonchev–Trinajstić information content (AvgIpc) is 3.26. The van der Waals surface area contributed by atoms with E-state index in [1.165, 1.54) is 0 Å². The molecule has 1 saturated heterocycles. The molecule has 3 aromatic heterocycles. The van der Waals surface area contributed by atoms with Gasteiger partial charge in [0, 0.05) is 72.8 Å². The summed E-state index contributed by atoms with van der Waals surface area (Å²) in [4.78, 5) is 25.4. The lowest BCUT2D eigenvalue weighted by Gasteiger charge is -2.28. The number of morpholine rings is 1. The second-order valence-electron chi connectivity index (χ2n) is 8.50. The minimum Gasteiger partial charge on any atom is -0.382 e. The zero-order valence-corrected chi connectivity index (χ0v) is 20.7. The van der Waals surface area contributed by atoms with Crippen LogP contribution in [0.5, 0.6) is 0 Å². The highest BCUT2D eigenvalue weighted by molar-refractivity contribution is 9.10. The van der Waals surface area contributed by atoms with E-state index in [0.29, 0.717) is 0 Å². The maximum atomic E-state index is 13.3. The first-order valence-electron chi connectivity index (χ1n) is 11.2. The van der Waals surface area contributed by atoms with Crippen molar-refractivity contribution < 1.29 is 4.74 Å². The van der Waals surface area contributed by atoms with Crippen LogP contribution < -0.4 is 10.5 Å². The Balaban J connectivity index is 1.55. The van der Waals surface area contributed by atoms with E-state index < -0.39 is 0 Å². The molecule has 7 nitrogen and oxygen atoms in total. The number of aromatic nitrogens is 3. The van der Waals surface area contributed by atoms with Crippen molar-refractivity contribution in [1.29, 1.82) is 0 Å². The standard InChI is InChI=1S/C26H26BrN5O2/c1-30(2)17-24(19-4-3-5-20(27)12-19)32-7-6-18(13-25(32)33)23-16-29-26-22(23)14-21(15-28-26)31-8-10-34-11-9-31/h3-7,12-17H,8-11H2,1-2H3,(H,28,29)/b24-17-. The normalized spacial score (nSPS) is 14.6. The molecule has 0 bridgehead atoms. The van der Waals surface area contributed by atoms with Crippen molar-refractivity contribution in [1.82, 2.24) is 19.4 Å². The van der Waals surface area contributed by atoms with Crippen molar-refractivity contribution in [3.05, 3.63) is 87.6 Å². The van der Waals surface area contributed by atoms with E-state index in [1.54, 1.807) is 10.6 Å². The Morgan fingerprint density at radius 2 is 2.00 bits per heavy atom. The van der Waals surface area contributed by atoms with Crippen molar-refractivity contribution in [3.63, 3.8) is 0 Å². The number of H-pyrrole nitrogens is 1. The number of aromatic amines is 1. The van der Waals surface area contributed by atoms with Crippen LogP contribution in [-0.2, 0) is 4.74 Å². The molecule has 4 heterocycles. The van der Waals surface area contributed by atoms with Gasteiger partial charge in [-0.05, 0) is 29.8 Å². The average molecular weight is 520 g/mol. The molecule has 0 amide bonds. The van der Waals surface area contributed by atoms with Crippen LogP contribution in [0.4, 0.5) is 5.69 Å². The predicted molar refractivity (Wildman–Crippen MR) is 140 cm³/mol. The third-order valence-electron chi connectivity index (χ3n) is 5.88. The van der Waals surface area contributed by atoms with Gasteiger partial charge in [-0.3, -0.25) is 9.36 Å². The fourth-order valence-electron chi connectivity index (χ4n) is 4.24. The molecule has 0 saturated carbocycles. The Morgan fingerprint density at radius 1 is 1.18 bits per heavy atom. The van der Waals surface area contributed by atoms with E-state index in [1.807, 2.05) is 74.1 Å². The van der Waals surface area contributed by atoms with Gasteiger partial charge in [0.15, 0.2) is 0 Å². The molecule has 0 spiro atoms. The molecule has 1 aliphatic heterocycles. The quantitative estimate of drug-likeness (QED) is 0.423. The number of anilines is 1. The Bertz CT molecular complexity index is 1420. The van der Waals surface area contributed by atoms with Gasteiger partial charge in [-0.1, -0.05) is 28.1 Å². The first-order chi connectivity index (χ1) is 16.5. The van der Waals surface area contributed by atoms with Crippen molar-refractivity contribution in [2.45, 2.75) is 0 Å². The van der Waals surface area contributed by atoms with Crippen LogP contribution in [-0.4, -0.2) is 59.8 Å². The number of fused-ring (bicyclic) bond motifs is 1. The van der Waals surface area contributed by atoms with Gasteiger partial charge in [0.05, 0.1) is 30.8 Å². The zero-order chi connectivity index (χ0) is 23.7. The second-order valence-corrected chi connectivity index (χ2v) is 9.42. The summed E-state index contributed by atoms with van der Waals surface area (Å²) < 4.78 is 8.12. The summed E-state index contributed by atoms with van der Waals surface area (Å²) in [6.07, 6.45) is 7.60. The van der Waals surface area contributed by atoms with Gasteiger partial charge in [-0.2, -0.15) is 0 Å². The van der Waals surface area contributed by atoms with E-state index >= 15 is 0 Å². The smallest absolute Gasteiger partial charge is 0.255 e. The summed E-state index contributed by atoms with van der Waals surface area (Å²) in [5.41, 5.74) is 5.34. The Hall–Kier alpha value is -3.36. The predicted octanol–water partition coefficient (Wildman–Crippen LogP) is 4.40. The molecule has 0 unspecified atom stereocenters. The van der Waals surface area contributed by atoms with Crippen LogP contribution in [0, 0.1) is 0 Å². The van der Waals surface area contributed by atoms with Gasteiger partial charge >= 0.3 is 0 Å². The number of ether oxygens (including phenoxy) is 1. The van der Waals surface area contributed by atoms with Crippen LogP contribution in [0.1, 0.15) is 5.56 Å². The number of rotatable bonds is 5. The number of hydrogen-bond donors (Lipinski definition) is 1. The molecule has 174 valence electrons. The maximum absolute atomic E-state index is 13.3. The fraction of sp³-hybridized carbons (Fsp3) is 0.231. The second kappa shape index (κ2) is 9.48. The third kappa shape index (κ3) is 4.51. The SMILES string of the molecule is CN(C)/C=C(/c1cccc(Br)c1)n1ccc(-c2c[nH]c3ncc(N4CCOCC4)cc23)cc1=O. The molecular weight excluding hydrogens is 494 g/mol. The molecule has 0 aliphatic carbocycles. The highest BCUT2D eigenvalue weighted by Gasteiger charge is 2.16. The number of hydrogen-bond acceptors (Lipinski definition) is 5. The van der Waals surface area contributed by atoms with Crippen LogP contribution in [0.2, 0.25) is 0 Å². The van der Waals surface area contributed by atoms with E-state index in [2.05, 4.69) is 36.9 Å². The van der Waals surface area contributed by atoms with Crippen LogP contribution >= 0.6 is 15.9 Å². The lowest BCUT2D eigenvalue weighted by Crippen LogP contribution is -2.36. The number of nitrogens with one attached hydrogen (secondary N) is 1. The van der Waals surface area contributed by atoms with Crippen molar-refractivity contribution in [2.75, 3.05) is 45.3 Å². The highest BCUT2D eigenvalue weighted by atomic mass is 79.9. The van der Waals surface area contributed by atoms with E-state index in [-0.39, 0.29) is 5.56 Å². The van der Waals surface area contributed by atoms with Crippen LogP contribution in [0.25, 0.3) is 27.9 Å². The molecule has 1 aliphatic rings. The monoisotopic (exact) mass is 519 g/mol. The number of nitrogens with zero attached hydrogens (tertiary/aromatic N) is 4. The molecule has 0 atom stereocenters. The van der Waals surface area contributed by atoms with E-state index in [4.69, 9.17) is 4.74 Å². The molecule has 8 heteroatoms. The molecule has 34 heavy (non-hydrogen) atoms. The lowest BCUT2D eigenvalue weighted by molar-refractivity contribution is 0.122. The number of pyridine rings is 2. The Morgan fingerprint density at radius 3 is 2.74 bits per heavy atom. The number of benzene rings is 1. The summed E-state index contributed by atoms with van der Waals surface area (Å²) in [6.45, 7) is 3.13. The van der Waals surface area contributed by atoms with Crippen molar-refractivity contribution >= 4 is 38.3 Å². The molecular formula is C26H26BrN5O2. The van der Waals surface area contributed by atoms with Gasteiger partial charge in [-0.15, -0.1) is 0 Å². The van der Waals surface area contributed by atoms with E-state index in [0.717, 1.165) is 69.9 Å². The first kappa shape index (κ1) is 22.4. The molecule has 1 aromatic carbocycles.